The molecule has 0 unspecified atom stereocenters. The van der Waals surface area contributed by atoms with Gasteiger partial charge in [0.05, 0.1) is 6.04 Å². The van der Waals surface area contributed by atoms with Gasteiger partial charge in [-0.1, -0.05) is 23.7 Å². The highest BCUT2D eigenvalue weighted by Crippen LogP contribution is 2.18. The summed E-state index contributed by atoms with van der Waals surface area (Å²) in [6, 6.07) is 9.15. The van der Waals surface area contributed by atoms with Crippen LogP contribution < -0.4 is 5.32 Å². The third-order valence-electron chi connectivity index (χ3n) is 3.24. The highest BCUT2D eigenvalue weighted by atomic mass is 35.5. The number of nitrogens with one attached hydrogen (secondary N) is 1. The number of halogens is 1. The zero-order valence-electron chi connectivity index (χ0n) is 12.3. The Morgan fingerprint density at radius 1 is 1.43 bits per heavy atom. The Kier molecular flexibility index (Phi) is 4.68. The molecule has 0 saturated heterocycles. The lowest BCUT2D eigenvalue weighted by Crippen LogP contribution is -2.30. The van der Waals surface area contributed by atoms with Crippen LogP contribution in [0.25, 0.3) is 11.4 Å². The zero-order valence-corrected chi connectivity index (χ0v) is 13.9. The van der Waals surface area contributed by atoms with E-state index in [0.717, 1.165) is 11.1 Å². The van der Waals surface area contributed by atoms with Gasteiger partial charge in [-0.05, 0) is 41.3 Å². The van der Waals surface area contributed by atoms with E-state index in [1.54, 1.807) is 17.4 Å². The molecule has 0 bridgehead atoms. The van der Waals surface area contributed by atoms with Crippen molar-refractivity contribution in [2.75, 3.05) is 0 Å². The average Bonchev–Trinajstić information content (AvgIpc) is 3.17. The Bertz CT molecular complexity index is 802. The highest BCUT2D eigenvalue weighted by Gasteiger charge is 2.13. The molecule has 1 atom stereocenters. The van der Waals surface area contributed by atoms with Crippen LogP contribution in [0.15, 0.2) is 41.1 Å². The summed E-state index contributed by atoms with van der Waals surface area (Å²) in [6.07, 6.45) is 0. The van der Waals surface area contributed by atoms with E-state index < -0.39 is 0 Å². The number of amides is 1. The zero-order chi connectivity index (χ0) is 16.2. The van der Waals surface area contributed by atoms with Crippen molar-refractivity contribution in [1.82, 2.24) is 25.5 Å². The van der Waals surface area contributed by atoms with Crippen LogP contribution in [0.2, 0.25) is 5.02 Å². The van der Waals surface area contributed by atoms with Crippen LogP contribution in [-0.2, 0) is 11.3 Å². The van der Waals surface area contributed by atoms with Crippen molar-refractivity contribution in [1.29, 1.82) is 0 Å². The molecule has 2 heterocycles. The van der Waals surface area contributed by atoms with E-state index in [-0.39, 0.29) is 18.5 Å². The van der Waals surface area contributed by atoms with Crippen LogP contribution >= 0.6 is 22.9 Å². The SMILES string of the molecule is C[C@H](NC(=O)Cn1nnc(-c2ccsc2)n1)c1cccc(Cl)c1. The van der Waals surface area contributed by atoms with Crippen molar-refractivity contribution in [2.45, 2.75) is 19.5 Å². The van der Waals surface area contributed by atoms with E-state index in [2.05, 4.69) is 20.7 Å². The maximum Gasteiger partial charge on any atom is 0.244 e. The second-order valence-electron chi connectivity index (χ2n) is 5.00. The molecule has 0 saturated carbocycles. The molecule has 0 aliphatic heterocycles. The molecule has 8 heteroatoms. The van der Waals surface area contributed by atoms with Crippen molar-refractivity contribution >= 4 is 28.8 Å². The van der Waals surface area contributed by atoms with Crippen LogP contribution in [0, 0.1) is 0 Å². The Morgan fingerprint density at radius 3 is 3.04 bits per heavy atom. The molecule has 1 N–H and O–H groups in total. The van der Waals surface area contributed by atoms with Crippen LogP contribution in [0.1, 0.15) is 18.5 Å². The Balaban J connectivity index is 1.61. The minimum atomic E-state index is -0.188. The topological polar surface area (TPSA) is 72.7 Å². The predicted molar refractivity (Wildman–Crippen MR) is 89.1 cm³/mol. The van der Waals surface area contributed by atoms with Crippen LogP contribution in [0.4, 0.5) is 0 Å². The van der Waals surface area contributed by atoms with E-state index in [4.69, 9.17) is 11.6 Å². The van der Waals surface area contributed by atoms with E-state index in [1.807, 2.05) is 41.9 Å². The molecule has 0 aliphatic rings. The van der Waals surface area contributed by atoms with Crippen molar-refractivity contribution < 1.29 is 4.79 Å². The van der Waals surface area contributed by atoms with Gasteiger partial charge in [-0.3, -0.25) is 4.79 Å². The van der Waals surface area contributed by atoms with Crippen molar-refractivity contribution in [3.63, 3.8) is 0 Å². The number of hydrogen-bond donors (Lipinski definition) is 1. The first-order valence-electron chi connectivity index (χ1n) is 6.97. The Labute approximate surface area is 142 Å². The fraction of sp³-hybridized carbons (Fsp3) is 0.200. The largest absolute Gasteiger partial charge is 0.348 e. The summed E-state index contributed by atoms with van der Waals surface area (Å²) in [5.74, 6) is 0.327. The molecule has 6 nitrogen and oxygen atoms in total. The number of benzene rings is 1. The summed E-state index contributed by atoms with van der Waals surface area (Å²) in [4.78, 5) is 13.4. The number of nitrogens with zero attached hydrogens (tertiary/aromatic N) is 4. The van der Waals surface area contributed by atoms with Crippen LogP contribution in [-0.4, -0.2) is 26.1 Å². The lowest BCUT2D eigenvalue weighted by Gasteiger charge is -2.14. The first-order valence-corrected chi connectivity index (χ1v) is 8.29. The molecular weight excluding hydrogens is 334 g/mol. The van der Waals surface area contributed by atoms with E-state index in [1.165, 1.54) is 4.80 Å². The summed E-state index contributed by atoms with van der Waals surface area (Å²) in [6.45, 7) is 1.91. The number of thiophene rings is 1. The van der Waals surface area contributed by atoms with Gasteiger partial charge in [-0.2, -0.15) is 16.1 Å². The number of hydrogen-bond acceptors (Lipinski definition) is 5. The van der Waals surface area contributed by atoms with Gasteiger partial charge in [-0.15, -0.1) is 10.2 Å². The second kappa shape index (κ2) is 6.89. The predicted octanol–water partition coefficient (Wildman–Crippen LogP) is 2.93. The molecule has 3 rings (SSSR count). The monoisotopic (exact) mass is 347 g/mol. The van der Waals surface area contributed by atoms with Crippen LogP contribution in [0.5, 0.6) is 0 Å². The van der Waals surface area contributed by atoms with Gasteiger partial charge < -0.3 is 5.32 Å². The first-order chi connectivity index (χ1) is 11.1. The standard InChI is InChI=1S/C15H14ClN5OS/c1-10(11-3-2-4-13(16)7-11)17-14(22)8-21-19-15(18-20-21)12-5-6-23-9-12/h2-7,9-10H,8H2,1H3,(H,17,22)/t10-/m0/s1. The fourth-order valence-electron chi connectivity index (χ4n) is 2.09. The summed E-state index contributed by atoms with van der Waals surface area (Å²) < 4.78 is 0. The van der Waals surface area contributed by atoms with Gasteiger partial charge in [0.15, 0.2) is 0 Å². The minimum Gasteiger partial charge on any atom is -0.348 e. The number of carbonyl (C=O) groups is 1. The molecule has 3 aromatic rings. The molecule has 0 spiro atoms. The van der Waals surface area contributed by atoms with Gasteiger partial charge >= 0.3 is 0 Å². The molecule has 118 valence electrons. The van der Waals surface area contributed by atoms with Crippen molar-refractivity contribution in [3.8, 4) is 11.4 Å². The fourth-order valence-corrected chi connectivity index (χ4v) is 2.93. The van der Waals surface area contributed by atoms with Gasteiger partial charge in [0.1, 0.15) is 6.54 Å². The molecule has 0 radical (unpaired) electrons. The Morgan fingerprint density at radius 2 is 2.30 bits per heavy atom. The minimum absolute atomic E-state index is 0.0159. The summed E-state index contributed by atoms with van der Waals surface area (Å²) in [5.41, 5.74) is 1.84. The van der Waals surface area contributed by atoms with Gasteiger partial charge in [-0.25, -0.2) is 0 Å². The molecule has 23 heavy (non-hydrogen) atoms. The van der Waals surface area contributed by atoms with Gasteiger partial charge in [0, 0.05) is 16.0 Å². The van der Waals surface area contributed by atoms with E-state index in [0.29, 0.717) is 10.8 Å². The maximum atomic E-state index is 12.1. The summed E-state index contributed by atoms with van der Waals surface area (Å²) >= 11 is 7.52. The van der Waals surface area contributed by atoms with E-state index >= 15 is 0 Å². The van der Waals surface area contributed by atoms with Crippen LogP contribution in [0.3, 0.4) is 0 Å². The number of aromatic nitrogens is 4. The third-order valence-corrected chi connectivity index (χ3v) is 4.16. The third kappa shape index (κ3) is 3.94. The van der Waals surface area contributed by atoms with Crippen molar-refractivity contribution in [2.24, 2.45) is 0 Å². The summed E-state index contributed by atoms with van der Waals surface area (Å²) in [5, 5.41) is 19.5. The molecule has 1 amide bonds. The highest BCUT2D eigenvalue weighted by molar-refractivity contribution is 7.08. The number of rotatable bonds is 5. The Hall–Kier alpha value is -2.25. The lowest BCUT2D eigenvalue weighted by atomic mass is 10.1. The normalized spacial score (nSPS) is 12.1. The number of carbonyl (C=O) groups excluding carboxylic acids is 1. The summed E-state index contributed by atoms with van der Waals surface area (Å²) in [7, 11) is 0. The van der Waals surface area contributed by atoms with Gasteiger partial charge in [0.2, 0.25) is 11.7 Å². The maximum absolute atomic E-state index is 12.1. The first kappa shape index (κ1) is 15.6. The smallest absolute Gasteiger partial charge is 0.244 e. The lowest BCUT2D eigenvalue weighted by molar-refractivity contribution is -0.122. The molecule has 0 fully saturated rings. The number of tetrazole rings is 1. The molecule has 1 aromatic carbocycles. The average molecular weight is 348 g/mol. The van der Waals surface area contributed by atoms with E-state index in [9.17, 15) is 4.79 Å². The molecule has 2 aromatic heterocycles. The molecular formula is C15H14ClN5OS. The quantitative estimate of drug-likeness (QED) is 0.770. The molecule has 0 aliphatic carbocycles. The van der Waals surface area contributed by atoms with Gasteiger partial charge in [0.25, 0.3) is 0 Å². The second-order valence-corrected chi connectivity index (χ2v) is 6.22. The van der Waals surface area contributed by atoms with Crippen molar-refractivity contribution in [3.05, 3.63) is 51.7 Å².